The summed E-state index contributed by atoms with van der Waals surface area (Å²) < 4.78 is 0. The van der Waals surface area contributed by atoms with E-state index in [0.29, 0.717) is 5.92 Å². The van der Waals surface area contributed by atoms with Crippen molar-refractivity contribution >= 4 is 5.91 Å². The van der Waals surface area contributed by atoms with E-state index in [1.54, 1.807) is 18.2 Å². The van der Waals surface area contributed by atoms with Gasteiger partial charge in [-0.3, -0.25) is 4.79 Å². The average molecular weight is 277 g/mol. The average Bonchev–Trinajstić information content (AvgIpc) is 2.38. The van der Waals surface area contributed by atoms with Gasteiger partial charge in [0.2, 0.25) is 0 Å². The number of carbonyl (C=O) groups is 1. The van der Waals surface area contributed by atoms with Gasteiger partial charge in [-0.15, -0.1) is 0 Å². The molecule has 1 aromatic carbocycles. The number of hydrogen-bond acceptors (Lipinski definition) is 3. The van der Waals surface area contributed by atoms with Crippen molar-refractivity contribution in [3.05, 3.63) is 29.3 Å². The zero-order chi connectivity index (χ0) is 14.8. The van der Waals surface area contributed by atoms with Gasteiger partial charge < -0.3 is 15.5 Å². The lowest BCUT2D eigenvalue weighted by molar-refractivity contribution is 0.0695. The number of carbonyl (C=O) groups excluding carboxylic acids is 1. The van der Waals surface area contributed by atoms with E-state index in [1.807, 2.05) is 6.92 Å². The largest absolute Gasteiger partial charge is 0.507 e. The van der Waals surface area contributed by atoms with E-state index in [1.165, 1.54) is 0 Å². The summed E-state index contributed by atoms with van der Waals surface area (Å²) in [5, 5.41) is 22.5. The number of nitrogens with one attached hydrogen (secondary N) is 1. The van der Waals surface area contributed by atoms with Gasteiger partial charge in [0.1, 0.15) is 5.75 Å². The van der Waals surface area contributed by atoms with Gasteiger partial charge in [-0.05, 0) is 43.4 Å². The van der Waals surface area contributed by atoms with Gasteiger partial charge in [0.25, 0.3) is 5.91 Å². The van der Waals surface area contributed by atoms with E-state index in [-0.39, 0.29) is 23.8 Å². The van der Waals surface area contributed by atoms with Gasteiger partial charge in [-0.1, -0.05) is 25.8 Å². The molecule has 0 spiro atoms. The van der Waals surface area contributed by atoms with Crippen LogP contribution in [0.25, 0.3) is 0 Å². The first-order chi connectivity index (χ1) is 9.46. The summed E-state index contributed by atoms with van der Waals surface area (Å²) in [6.45, 7) is 3.94. The van der Waals surface area contributed by atoms with Crippen LogP contribution in [-0.4, -0.2) is 28.3 Å². The Bertz CT molecular complexity index is 500. The van der Waals surface area contributed by atoms with Gasteiger partial charge in [0, 0.05) is 0 Å². The number of aromatic hydroxyl groups is 1. The van der Waals surface area contributed by atoms with E-state index in [0.717, 1.165) is 31.2 Å². The number of aliphatic hydroxyl groups is 1. The van der Waals surface area contributed by atoms with Crippen molar-refractivity contribution in [3.63, 3.8) is 0 Å². The van der Waals surface area contributed by atoms with Crippen LogP contribution >= 0.6 is 0 Å². The summed E-state index contributed by atoms with van der Waals surface area (Å²) in [5.41, 5.74) is 0.621. The third-order valence-corrected chi connectivity index (χ3v) is 4.17. The molecular weight excluding hydrogens is 254 g/mol. The zero-order valence-corrected chi connectivity index (χ0v) is 12.1. The Balaban J connectivity index is 2.16. The summed E-state index contributed by atoms with van der Waals surface area (Å²) in [4.78, 5) is 12.3. The molecule has 0 saturated heterocycles. The van der Waals surface area contributed by atoms with Crippen LogP contribution in [0.3, 0.4) is 0 Å². The molecule has 0 bridgehead atoms. The molecule has 0 radical (unpaired) electrons. The van der Waals surface area contributed by atoms with E-state index < -0.39 is 5.54 Å². The van der Waals surface area contributed by atoms with Crippen molar-refractivity contribution in [2.75, 3.05) is 6.61 Å². The third-order valence-electron chi connectivity index (χ3n) is 4.17. The first-order valence-electron chi connectivity index (χ1n) is 7.19. The molecule has 1 aliphatic carbocycles. The van der Waals surface area contributed by atoms with Crippen molar-refractivity contribution in [2.45, 2.75) is 45.1 Å². The number of aliphatic hydroxyl groups excluding tert-OH is 1. The fraction of sp³-hybridized carbons (Fsp3) is 0.562. The SMILES string of the molecule is Cc1ccc(C(=O)NC2(CO)CCCC(C)C2)c(O)c1. The van der Waals surface area contributed by atoms with Crippen molar-refractivity contribution < 1.29 is 15.0 Å². The number of phenols is 1. The molecule has 4 heteroatoms. The maximum Gasteiger partial charge on any atom is 0.255 e. The maximum absolute atomic E-state index is 12.3. The van der Waals surface area contributed by atoms with E-state index in [9.17, 15) is 15.0 Å². The topological polar surface area (TPSA) is 69.6 Å². The number of hydrogen-bond donors (Lipinski definition) is 3. The van der Waals surface area contributed by atoms with Gasteiger partial charge in [0.15, 0.2) is 0 Å². The van der Waals surface area contributed by atoms with Crippen molar-refractivity contribution in [3.8, 4) is 5.75 Å². The summed E-state index contributed by atoms with van der Waals surface area (Å²) in [6.07, 6.45) is 3.70. The van der Waals surface area contributed by atoms with E-state index in [2.05, 4.69) is 12.2 Å². The molecule has 1 saturated carbocycles. The lowest BCUT2D eigenvalue weighted by Crippen LogP contribution is -2.53. The monoisotopic (exact) mass is 277 g/mol. The van der Waals surface area contributed by atoms with Crippen LogP contribution in [0.4, 0.5) is 0 Å². The summed E-state index contributed by atoms with van der Waals surface area (Å²) in [5.74, 6) is 0.160. The Morgan fingerprint density at radius 3 is 2.85 bits per heavy atom. The normalized spacial score (nSPS) is 26.2. The number of aryl methyl sites for hydroxylation is 1. The molecule has 3 N–H and O–H groups in total. The molecule has 4 nitrogen and oxygen atoms in total. The highest BCUT2D eigenvalue weighted by Crippen LogP contribution is 2.32. The Labute approximate surface area is 119 Å². The molecule has 2 rings (SSSR count). The second-order valence-corrected chi connectivity index (χ2v) is 6.11. The van der Waals surface area contributed by atoms with Crippen LogP contribution in [0.5, 0.6) is 5.75 Å². The molecule has 0 aliphatic heterocycles. The predicted octanol–water partition coefficient (Wildman–Crippen LogP) is 2.37. The first kappa shape index (κ1) is 14.9. The second kappa shape index (κ2) is 5.83. The lowest BCUT2D eigenvalue weighted by atomic mass is 9.76. The molecule has 2 unspecified atom stereocenters. The molecule has 20 heavy (non-hydrogen) atoms. The Morgan fingerprint density at radius 2 is 2.25 bits per heavy atom. The summed E-state index contributed by atoms with van der Waals surface area (Å²) in [6, 6.07) is 4.99. The lowest BCUT2D eigenvalue weighted by Gasteiger charge is -2.39. The minimum atomic E-state index is -0.550. The number of benzene rings is 1. The molecule has 2 atom stereocenters. The van der Waals surface area contributed by atoms with Crippen molar-refractivity contribution in [1.29, 1.82) is 0 Å². The second-order valence-electron chi connectivity index (χ2n) is 6.11. The van der Waals surface area contributed by atoms with Gasteiger partial charge in [-0.2, -0.15) is 0 Å². The van der Waals surface area contributed by atoms with Crippen LogP contribution in [-0.2, 0) is 0 Å². The van der Waals surface area contributed by atoms with E-state index >= 15 is 0 Å². The highest BCUT2D eigenvalue weighted by atomic mass is 16.3. The Hall–Kier alpha value is -1.55. The minimum Gasteiger partial charge on any atom is -0.507 e. The molecule has 0 aromatic heterocycles. The fourth-order valence-electron chi connectivity index (χ4n) is 3.10. The number of phenolic OH excluding ortho intramolecular Hbond substituents is 1. The predicted molar refractivity (Wildman–Crippen MR) is 77.8 cm³/mol. The van der Waals surface area contributed by atoms with Crippen LogP contribution in [0.2, 0.25) is 0 Å². The van der Waals surface area contributed by atoms with Crippen LogP contribution in [0.1, 0.15) is 48.5 Å². The third kappa shape index (κ3) is 3.12. The molecule has 1 aliphatic rings. The van der Waals surface area contributed by atoms with Crippen LogP contribution < -0.4 is 5.32 Å². The minimum absolute atomic E-state index is 0.0144. The molecule has 1 amide bonds. The highest BCUT2D eigenvalue weighted by Gasteiger charge is 2.36. The van der Waals surface area contributed by atoms with Gasteiger partial charge in [-0.25, -0.2) is 0 Å². The molecule has 1 fully saturated rings. The quantitative estimate of drug-likeness (QED) is 0.794. The van der Waals surface area contributed by atoms with Gasteiger partial charge >= 0.3 is 0 Å². The molecule has 110 valence electrons. The summed E-state index contributed by atoms with van der Waals surface area (Å²) >= 11 is 0. The summed E-state index contributed by atoms with van der Waals surface area (Å²) in [7, 11) is 0. The maximum atomic E-state index is 12.3. The number of amides is 1. The van der Waals surface area contributed by atoms with Crippen molar-refractivity contribution in [1.82, 2.24) is 5.32 Å². The zero-order valence-electron chi connectivity index (χ0n) is 12.1. The molecule has 1 aromatic rings. The highest BCUT2D eigenvalue weighted by molar-refractivity contribution is 5.97. The van der Waals surface area contributed by atoms with Crippen molar-refractivity contribution in [2.24, 2.45) is 5.92 Å². The van der Waals surface area contributed by atoms with Crippen LogP contribution in [0.15, 0.2) is 18.2 Å². The standard InChI is InChI=1S/C16H23NO3/c1-11-5-6-13(14(19)8-11)15(20)17-16(10-18)7-3-4-12(2)9-16/h5-6,8,12,18-19H,3-4,7,9-10H2,1-2H3,(H,17,20). The Morgan fingerprint density at radius 1 is 1.50 bits per heavy atom. The molecular formula is C16H23NO3. The first-order valence-corrected chi connectivity index (χ1v) is 7.19. The van der Waals surface area contributed by atoms with Gasteiger partial charge in [0.05, 0.1) is 17.7 Å². The molecule has 0 heterocycles. The van der Waals surface area contributed by atoms with E-state index in [4.69, 9.17) is 0 Å². The number of rotatable bonds is 3. The smallest absolute Gasteiger partial charge is 0.255 e. The Kier molecular flexibility index (Phi) is 4.33. The van der Waals surface area contributed by atoms with Crippen LogP contribution in [0, 0.1) is 12.8 Å². The fourth-order valence-corrected chi connectivity index (χ4v) is 3.10.